The first-order valence-electron chi connectivity index (χ1n) is 6.45. The van der Waals surface area contributed by atoms with E-state index >= 15 is 0 Å². The summed E-state index contributed by atoms with van der Waals surface area (Å²) in [6.45, 7) is 4.03. The monoisotopic (exact) mass is 285 g/mol. The molecule has 0 fully saturated rings. The van der Waals surface area contributed by atoms with Gasteiger partial charge in [-0.05, 0) is 37.7 Å². The van der Waals surface area contributed by atoms with Crippen LogP contribution < -0.4 is 0 Å². The predicted octanol–water partition coefficient (Wildman–Crippen LogP) is 4.12. The van der Waals surface area contributed by atoms with Gasteiger partial charge in [-0.2, -0.15) is 5.10 Å². The normalized spacial score (nSPS) is 12.5. The molecule has 0 radical (unpaired) electrons. The standard InChI is InChI=1S/C15H15N3OS/c1-10(12-6-4-3-5-7-12)18-14(16-17-15(18)20)13-8-9-19-11(13)2/h3-10H,1-2H3,(H,17,20). The molecule has 0 bridgehead atoms. The molecule has 0 amide bonds. The maximum absolute atomic E-state index is 5.38. The summed E-state index contributed by atoms with van der Waals surface area (Å²) < 4.78 is 7.99. The molecule has 0 aliphatic heterocycles. The van der Waals surface area contributed by atoms with Crippen molar-refractivity contribution in [1.29, 1.82) is 0 Å². The molecule has 1 atom stereocenters. The highest BCUT2D eigenvalue weighted by molar-refractivity contribution is 7.71. The molecule has 0 saturated carbocycles. The molecule has 0 aliphatic rings. The number of rotatable bonds is 3. The van der Waals surface area contributed by atoms with Gasteiger partial charge in [0.25, 0.3) is 0 Å². The zero-order chi connectivity index (χ0) is 14.1. The van der Waals surface area contributed by atoms with Gasteiger partial charge in [-0.15, -0.1) is 0 Å². The predicted molar refractivity (Wildman–Crippen MR) is 80.1 cm³/mol. The average molecular weight is 285 g/mol. The Hall–Kier alpha value is -2.14. The Morgan fingerprint density at radius 1 is 1.25 bits per heavy atom. The Kier molecular flexibility index (Phi) is 3.28. The fourth-order valence-electron chi connectivity index (χ4n) is 2.35. The van der Waals surface area contributed by atoms with Gasteiger partial charge in [0.05, 0.1) is 17.9 Å². The van der Waals surface area contributed by atoms with E-state index in [4.69, 9.17) is 16.6 Å². The molecule has 0 spiro atoms. The van der Waals surface area contributed by atoms with Crippen LogP contribution in [0.1, 0.15) is 24.3 Å². The fraction of sp³-hybridized carbons (Fsp3) is 0.200. The van der Waals surface area contributed by atoms with Crippen LogP contribution in [0, 0.1) is 11.7 Å². The van der Waals surface area contributed by atoms with Crippen molar-refractivity contribution in [3.63, 3.8) is 0 Å². The molecule has 20 heavy (non-hydrogen) atoms. The number of nitrogens with zero attached hydrogens (tertiary/aromatic N) is 2. The van der Waals surface area contributed by atoms with E-state index in [1.165, 1.54) is 5.56 Å². The highest BCUT2D eigenvalue weighted by atomic mass is 32.1. The van der Waals surface area contributed by atoms with E-state index in [9.17, 15) is 0 Å². The molecule has 1 N–H and O–H groups in total. The van der Waals surface area contributed by atoms with Crippen molar-refractivity contribution in [2.75, 3.05) is 0 Å². The Balaban J connectivity index is 2.13. The molecule has 1 unspecified atom stereocenters. The molecule has 1 aromatic carbocycles. The minimum Gasteiger partial charge on any atom is -0.469 e. The van der Waals surface area contributed by atoms with E-state index in [2.05, 4.69) is 29.3 Å². The van der Waals surface area contributed by atoms with E-state index in [-0.39, 0.29) is 6.04 Å². The first kappa shape index (κ1) is 12.9. The van der Waals surface area contributed by atoms with Crippen molar-refractivity contribution in [1.82, 2.24) is 14.8 Å². The van der Waals surface area contributed by atoms with E-state index in [1.54, 1.807) is 6.26 Å². The van der Waals surface area contributed by atoms with Gasteiger partial charge in [-0.1, -0.05) is 30.3 Å². The quantitative estimate of drug-likeness (QED) is 0.736. The van der Waals surface area contributed by atoms with Crippen LogP contribution in [0.3, 0.4) is 0 Å². The lowest BCUT2D eigenvalue weighted by Crippen LogP contribution is -2.08. The Morgan fingerprint density at radius 3 is 2.65 bits per heavy atom. The van der Waals surface area contributed by atoms with Gasteiger partial charge >= 0.3 is 0 Å². The minimum atomic E-state index is 0.103. The zero-order valence-corrected chi connectivity index (χ0v) is 12.1. The Bertz CT molecular complexity index is 770. The third kappa shape index (κ3) is 2.10. The molecule has 0 aliphatic carbocycles. The van der Waals surface area contributed by atoms with Crippen LogP contribution in [-0.2, 0) is 0 Å². The Labute approximate surface area is 122 Å². The molecule has 102 valence electrons. The molecular formula is C15H15N3OS. The molecular weight excluding hydrogens is 270 g/mol. The van der Waals surface area contributed by atoms with Crippen LogP contribution in [0.15, 0.2) is 47.1 Å². The maximum Gasteiger partial charge on any atom is 0.196 e. The molecule has 5 heteroatoms. The van der Waals surface area contributed by atoms with Crippen molar-refractivity contribution in [2.24, 2.45) is 0 Å². The van der Waals surface area contributed by atoms with E-state index < -0.39 is 0 Å². The molecule has 0 saturated heterocycles. The van der Waals surface area contributed by atoms with Crippen LogP contribution in [-0.4, -0.2) is 14.8 Å². The summed E-state index contributed by atoms with van der Waals surface area (Å²) in [6.07, 6.45) is 1.67. The lowest BCUT2D eigenvalue weighted by molar-refractivity contribution is 0.534. The number of nitrogens with one attached hydrogen (secondary N) is 1. The first-order valence-corrected chi connectivity index (χ1v) is 6.85. The number of hydrogen-bond acceptors (Lipinski definition) is 3. The number of aromatic nitrogens is 3. The number of aromatic amines is 1. The fourth-order valence-corrected chi connectivity index (χ4v) is 2.64. The van der Waals surface area contributed by atoms with Crippen molar-refractivity contribution in [3.8, 4) is 11.4 Å². The second-order valence-electron chi connectivity index (χ2n) is 4.70. The summed E-state index contributed by atoms with van der Waals surface area (Å²) in [5.41, 5.74) is 2.15. The summed E-state index contributed by atoms with van der Waals surface area (Å²) in [5, 5.41) is 7.23. The van der Waals surface area contributed by atoms with Crippen LogP contribution >= 0.6 is 12.2 Å². The van der Waals surface area contributed by atoms with Gasteiger partial charge in [-0.3, -0.25) is 9.67 Å². The second-order valence-corrected chi connectivity index (χ2v) is 5.09. The van der Waals surface area contributed by atoms with Crippen molar-refractivity contribution >= 4 is 12.2 Å². The highest BCUT2D eigenvalue weighted by Crippen LogP contribution is 2.27. The van der Waals surface area contributed by atoms with Crippen LogP contribution in [0.2, 0.25) is 0 Å². The molecule has 3 aromatic rings. The zero-order valence-electron chi connectivity index (χ0n) is 11.3. The lowest BCUT2D eigenvalue weighted by atomic mass is 10.1. The van der Waals surface area contributed by atoms with E-state index in [1.807, 2.05) is 35.8 Å². The topological polar surface area (TPSA) is 46.8 Å². The highest BCUT2D eigenvalue weighted by Gasteiger charge is 2.18. The minimum absolute atomic E-state index is 0.103. The van der Waals surface area contributed by atoms with Gasteiger partial charge in [0.1, 0.15) is 5.76 Å². The van der Waals surface area contributed by atoms with Crippen LogP contribution in [0.4, 0.5) is 0 Å². The van der Waals surface area contributed by atoms with Crippen molar-refractivity contribution in [2.45, 2.75) is 19.9 Å². The van der Waals surface area contributed by atoms with Gasteiger partial charge in [0.2, 0.25) is 0 Å². The molecule has 2 aromatic heterocycles. The summed E-state index contributed by atoms with van der Waals surface area (Å²) in [7, 11) is 0. The maximum atomic E-state index is 5.38. The first-order chi connectivity index (χ1) is 9.68. The third-order valence-corrected chi connectivity index (χ3v) is 3.76. The number of aryl methyl sites for hydroxylation is 1. The van der Waals surface area contributed by atoms with Crippen LogP contribution in [0.5, 0.6) is 0 Å². The van der Waals surface area contributed by atoms with Gasteiger partial charge < -0.3 is 4.42 Å². The number of hydrogen-bond donors (Lipinski definition) is 1. The smallest absolute Gasteiger partial charge is 0.196 e. The molecule has 3 rings (SSSR count). The second kappa shape index (κ2) is 5.09. The van der Waals surface area contributed by atoms with Gasteiger partial charge in [0.15, 0.2) is 10.6 Å². The number of furan rings is 1. The van der Waals surface area contributed by atoms with E-state index in [0.717, 1.165) is 17.1 Å². The lowest BCUT2D eigenvalue weighted by Gasteiger charge is -2.15. The molecule has 4 nitrogen and oxygen atoms in total. The Morgan fingerprint density at radius 2 is 2.00 bits per heavy atom. The SMILES string of the molecule is Cc1occc1-c1n[nH]c(=S)n1C(C)c1ccccc1. The number of H-pyrrole nitrogens is 1. The molecule has 2 heterocycles. The average Bonchev–Trinajstić information content (AvgIpc) is 3.05. The van der Waals surface area contributed by atoms with Crippen molar-refractivity contribution < 1.29 is 4.42 Å². The summed E-state index contributed by atoms with van der Waals surface area (Å²) in [5.74, 6) is 1.64. The summed E-state index contributed by atoms with van der Waals surface area (Å²) in [4.78, 5) is 0. The number of benzene rings is 1. The van der Waals surface area contributed by atoms with E-state index in [0.29, 0.717) is 4.77 Å². The summed E-state index contributed by atoms with van der Waals surface area (Å²) >= 11 is 5.38. The van der Waals surface area contributed by atoms with Gasteiger partial charge in [0, 0.05) is 0 Å². The third-order valence-electron chi connectivity index (χ3n) is 3.47. The van der Waals surface area contributed by atoms with Crippen molar-refractivity contribution in [3.05, 3.63) is 58.8 Å². The van der Waals surface area contributed by atoms with Crippen LogP contribution in [0.25, 0.3) is 11.4 Å². The largest absolute Gasteiger partial charge is 0.469 e. The summed E-state index contributed by atoms with van der Waals surface area (Å²) in [6, 6.07) is 12.3. The van der Waals surface area contributed by atoms with Gasteiger partial charge in [-0.25, -0.2) is 0 Å².